The minimum absolute atomic E-state index is 0.302. The van der Waals surface area contributed by atoms with Gasteiger partial charge in [-0.25, -0.2) is 0 Å². The van der Waals surface area contributed by atoms with Crippen LogP contribution in [0.4, 0.5) is 5.69 Å². The van der Waals surface area contributed by atoms with Gasteiger partial charge in [0.05, 0.1) is 5.02 Å². The Balaban J connectivity index is 2.07. The first-order chi connectivity index (χ1) is 7.96. The van der Waals surface area contributed by atoms with E-state index in [9.17, 15) is 0 Å². The van der Waals surface area contributed by atoms with Crippen molar-refractivity contribution < 1.29 is 0 Å². The number of rotatable bonds is 1. The van der Waals surface area contributed by atoms with Crippen LogP contribution in [-0.4, -0.2) is 17.5 Å². The highest BCUT2D eigenvalue weighted by molar-refractivity contribution is 9.10. The fourth-order valence-electron chi connectivity index (χ4n) is 1.41. The van der Waals surface area contributed by atoms with Crippen molar-refractivity contribution in [2.45, 2.75) is 13.8 Å². The number of nitrogens with one attached hydrogen (secondary N) is 1. The second kappa shape index (κ2) is 5.21. The molecule has 1 aromatic rings. The number of hydrogen-bond acceptors (Lipinski definition) is 3. The highest BCUT2D eigenvalue weighted by Crippen LogP contribution is 2.30. The Morgan fingerprint density at radius 2 is 2.24 bits per heavy atom. The fourth-order valence-corrected chi connectivity index (χ4v) is 2.87. The average Bonchev–Trinajstić information content (AvgIpc) is 2.27. The van der Waals surface area contributed by atoms with E-state index in [1.54, 1.807) is 11.8 Å². The summed E-state index contributed by atoms with van der Waals surface area (Å²) in [5.41, 5.74) is 1.31. The molecule has 0 radical (unpaired) electrons. The molecule has 1 aliphatic heterocycles. The first-order valence-corrected chi connectivity index (χ1v) is 7.51. The van der Waals surface area contributed by atoms with Crippen molar-refractivity contribution >= 4 is 50.1 Å². The molecule has 0 saturated carbocycles. The van der Waals surface area contributed by atoms with Gasteiger partial charge in [-0.15, -0.1) is 0 Å². The Bertz CT molecular complexity index is 460. The van der Waals surface area contributed by atoms with Crippen LogP contribution in [0, 0.1) is 5.41 Å². The molecule has 0 bridgehead atoms. The summed E-state index contributed by atoms with van der Waals surface area (Å²) in [4.78, 5) is 4.55. The maximum Gasteiger partial charge on any atom is 0.161 e. The summed E-state index contributed by atoms with van der Waals surface area (Å²) < 4.78 is 0.894. The maximum absolute atomic E-state index is 5.95. The van der Waals surface area contributed by atoms with Gasteiger partial charge >= 0.3 is 0 Å². The molecule has 2 nitrogen and oxygen atoms in total. The minimum Gasteiger partial charge on any atom is -0.335 e. The van der Waals surface area contributed by atoms with Gasteiger partial charge < -0.3 is 5.32 Å². The SMILES string of the molecule is CC1(C)CN=C(Nc2ccc(Cl)c(Br)c2)SC1. The standard InChI is InChI=1S/C12H14BrClN2S/c1-12(2)6-15-11(17-7-12)16-8-3-4-10(14)9(13)5-8/h3-5H,6-7H2,1-2H3,(H,15,16). The zero-order valence-corrected chi connectivity index (χ0v) is 12.9. The molecule has 0 atom stereocenters. The third kappa shape index (κ3) is 3.63. The van der Waals surface area contributed by atoms with Crippen LogP contribution in [0.1, 0.15) is 13.8 Å². The van der Waals surface area contributed by atoms with Crippen LogP contribution in [-0.2, 0) is 0 Å². The Morgan fingerprint density at radius 1 is 1.47 bits per heavy atom. The van der Waals surface area contributed by atoms with Crippen molar-refractivity contribution in [1.82, 2.24) is 0 Å². The lowest BCUT2D eigenvalue weighted by Crippen LogP contribution is -2.27. The largest absolute Gasteiger partial charge is 0.335 e. The molecule has 0 aromatic heterocycles. The number of hydrogen-bond donors (Lipinski definition) is 1. The van der Waals surface area contributed by atoms with Crippen molar-refractivity contribution in [1.29, 1.82) is 0 Å². The number of anilines is 1. The molecule has 0 spiro atoms. The van der Waals surface area contributed by atoms with Crippen LogP contribution < -0.4 is 5.32 Å². The molecule has 5 heteroatoms. The molecule has 0 saturated heterocycles. The molecule has 0 fully saturated rings. The van der Waals surface area contributed by atoms with Crippen LogP contribution in [0.3, 0.4) is 0 Å². The number of benzene rings is 1. The number of aliphatic imine (C=N–C) groups is 1. The Hall–Kier alpha value is -0.190. The lowest BCUT2D eigenvalue weighted by atomic mass is 9.97. The molecule has 0 amide bonds. The summed E-state index contributed by atoms with van der Waals surface area (Å²) in [6, 6.07) is 5.78. The van der Waals surface area contributed by atoms with Crippen molar-refractivity contribution in [2.24, 2.45) is 10.4 Å². The van der Waals surface area contributed by atoms with Gasteiger partial charge in [0.2, 0.25) is 0 Å². The van der Waals surface area contributed by atoms with E-state index >= 15 is 0 Å². The second-order valence-electron chi connectivity index (χ2n) is 4.83. The number of thioether (sulfide) groups is 1. The first-order valence-electron chi connectivity index (χ1n) is 5.36. The summed E-state index contributed by atoms with van der Waals surface area (Å²) in [5.74, 6) is 1.09. The average molecular weight is 334 g/mol. The minimum atomic E-state index is 0.302. The Kier molecular flexibility index (Phi) is 4.06. The molecule has 0 unspecified atom stereocenters. The highest BCUT2D eigenvalue weighted by Gasteiger charge is 2.23. The maximum atomic E-state index is 5.95. The molecule has 17 heavy (non-hydrogen) atoms. The Labute approximate surface area is 119 Å². The summed E-state index contributed by atoms with van der Waals surface area (Å²) >= 11 is 11.1. The summed E-state index contributed by atoms with van der Waals surface area (Å²) in [6.45, 7) is 5.34. The molecule has 1 N–H and O–H groups in total. The van der Waals surface area contributed by atoms with Crippen LogP contribution in [0.2, 0.25) is 5.02 Å². The molecule has 92 valence electrons. The molecule has 2 rings (SSSR count). The molecule has 1 heterocycles. The van der Waals surface area contributed by atoms with Gasteiger partial charge in [0, 0.05) is 22.5 Å². The molecule has 1 aromatic carbocycles. The second-order valence-corrected chi connectivity index (χ2v) is 7.05. The topological polar surface area (TPSA) is 24.4 Å². The van der Waals surface area contributed by atoms with E-state index in [-0.39, 0.29) is 0 Å². The van der Waals surface area contributed by atoms with E-state index in [4.69, 9.17) is 11.6 Å². The predicted octanol–water partition coefficient (Wildman–Crippen LogP) is 4.64. The van der Waals surface area contributed by atoms with E-state index in [1.165, 1.54) is 0 Å². The predicted molar refractivity (Wildman–Crippen MR) is 81.3 cm³/mol. The van der Waals surface area contributed by atoms with Crippen LogP contribution in [0.5, 0.6) is 0 Å². The third-order valence-corrected chi connectivity index (χ3v) is 5.07. The van der Waals surface area contributed by atoms with Crippen molar-refractivity contribution in [3.05, 3.63) is 27.7 Å². The lowest BCUT2D eigenvalue weighted by molar-refractivity contribution is 0.438. The van der Waals surface area contributed by atoms with E-state index in [2.05, 4.69) is 40.1 Å². The van der Waals surface area contributed by atoms with E-state index < -0.39 is 0 Å². The normalized spacial score (nSPS) is 18.7. The lowest BCUT2D eigenvalue weighted by Gasteiger charge is -2.27. The zero-order valence-electron chi connectivity index (χ0n) is 9.76. The van der Waals surface area contributed by atoms with Gasteiger partial charge in [0.25, 0.3) is 0 Å². The Morgan fingerprint density at radius 3 is 2.82 bits per heavy atom. The van der Waals surface area contributed by atoms with Gasteiger partial charge in [-0.05, 0) is 39.5 Å². The molecule has 0 aliphatic carbocycles. The van der Waals surface area contributed by atoms with Gasteiger partial charge in [-0.3, -0.25) is 4.99 Å². The number of nitrogens with zero attached hydrogens (tertiary/aromatic N) is 1. The fraction of sp³-hybridized carbons (Fsp3) is 0.417. The highest BCUT2D eigenvalue weighted by atomic mass is 79.9. The van der Waals surface area contributed by atoms with Crippen molar-refractivity contribution in [3.8, 4) is 0 Å². The van der Waals surface area contributed by atoms with Crippen LogP contribution >= 0.6 is 39.3 Å². The van der Waals surface area contributed by atoms with E-state index in [0.29, 0.717) is 5.41 Å². The monoisotopic (exact) mass is 332 g/mol. The van der Waals surface area contributed by atoms with E-state index in [1.807, 2.05) is 18.2 Å². The first kappa shape index (κ1) is 13.2. The van der Waals surface area contributed by atoms with E-state index in [0.717, 1.165) is 32.6 Å². The summed E-state index contributed by atoms with van der Waals surface area (Å²) in [5, 5.41) is 5.01. The number of halogens is 2. The smallest absolute Gasteiger partial charge is 0.161 e. The van der Waals surface area contributed by atoms with Gasteiger partial charge in [0.15, 0.2) is 5.17 Å². The van der Waals surface area contributed by atoms with Crippen molar-refractivity contribution in [2.75, 3.05) is 17.6 Å². The van der Waals surface area contributed by atoms with Gasteiger partial charge in [-0.2, -0.15) is 0 Å². The molecular formula is C12H14BrClN2S. The number of amidine groups is 1. The molecule has 1 aliphatic rings. The van der Waals surface area contributed by atoms with Crippen molar-refractivity contribution in [3.63, 3.8) is 0 Å². The zero-order chi connectivity index (χ0) is 12.5. The van der Waals surface area contributed by atoms with Crippen LogP contribution in [0.15, 0.2) is 27.7 Å². The summed E-state index contributed by atoms with van der Waals surface area (Å²) in [6.07, 6.45) is 0. The summed E-state index contributed by atoms with van der Waals surface area (Å²) in [7, 11) is 0. The van der Waals surface area contributed by atoms with Gasteiger partial charge in [-0.1, -0.05) is 37.2 Å². The van der Waals surface area contributed by atoms with Crippen LogP contribution in [0.25, 0.3) is 0 Å². The van der Waals surface area contributed by atoms with Gasteiger partial charge in [0.1, 0.15) is 0 Å². The molecular weight excluding hydrogens is 320 g/mol. The third-order valence-electron chi connectivity index (χ3n) is 2.42. The quantitative estimate of drug-likeness (QED) is 0.809.